The first-order valence-electron chi connectivity index (χ1n) is 8.65. The highest BCUT2D eigenvalue weighted by Crippen LogP contribution is 2.22. The monoisotopic (exact) mass is 369 g/mol. The largest absolute Gasteiger partial charge is 0.350 e. The van der Waals surface area contributed by atoms with Gasteiger partial charge in [-0.15, -0.1) is 0 Å². The quantitative estimate of drug-likeness (QED) is 0.618. The van der Waals surface area contributed by atoms with Gasteiger partial charge in [-0.3, -0.25) is 4.99 Å². The van der Waals surface area contributed by atoms with Crippen molar-refractivity contribution in [2.75, 3.05) is 13.1 Å². The van der Waals surface area contributed by atoms with Gasteiger partial charge in [0.05, 0.1) is 10.6 Å². The fourth-order valence-corrected chi connectivity index (χ4v) is 4.49. The summed E-state index contributed by atoms with van der Waals surface area (Å²) in [5, 5.41) is 1.14. The van der Waals surface area contributed by atoms with Crippen LogP contribution in [0.25, 0.3) is 10.9 Å². The molecular formula is C20H23N3O2S. The molecule has 0 unspecified atom stereocenters. The zero-order valence-electron chi connectivity index (χ0n) is 15.3. The Kier molecular flexibility index (Phi) is 5.25. The minimum absolute atomic E-state index is 0.297. The van der Waals surface area contributed by atoms with E-state index in [2.05, 4.69) is 21.7 Å². The van der Waals surface area contributed by atoms with E-state index in [1.165, 1.54) is 4.31 Å². The van der Waals surface area contributed by atoms with Gasteiger partial charge in [-0.25, -0.2) is 8.42 Å². The van der Waals surface area contributed by atoms with Crippen LogP contribution in [0.15, 0.2) is 64.6 Å². The van der Waals surface area contributed by atoms with Crippen molar-refractivity contribution in [3.63, 3.8) is 0 Å². The van der Waals surface area contributed by atoms with Crippen molar-refractivity contribution in [2.24, 2.45) is 12.0 Å². The van der Waals surface area contributed by atoms with E-state index in [1.54, 1.807) is 24.3 Å². The smallest absolute Gasteiger partial charge is 0.243 e. The number of para-hydroxylation sites is 1. The summed E-state index contributed by atoms with van der Waals surface area (Å²) in [5.41, 5.74) is 2.90. The first-order valence-corrected chi connectivity index (χ1v) is 10.1. The fourth-order valence-electron chi connectivity index (χ4n) is 3.04. The Morgan fingerprint density at radius 3 is 2.35 bits per heavy atom. The Balaban J connectivity index is 1.86. The summed E-state index contributed by atoms with van der Waals surface area (Å²) in [6.45, 7) is 4.59. The molecule has 136 valence electrons. The molecule has 0 N–H and O–H groups in total. The third-order valence-corrected chi connectivity index (χ3v) is 6.52. The van der Waals surface area contributed by atoms with E-state index in [0.29, 0.717) is 18.0 Å². The average molecular weight is 369 g/mol. The number of nitrogens with zero attached hydrogens (tertiary/aromatic N) is 3. The van der Waals surface area contributed by atoms with E-state index in [4.69, 9.17) is 0 Å². The molecule has 0 spiro atoms. The van der Waals surface area contributed by atoms with Crippen molar-refractivity contribution in [3.05, 3.63) is 60.3 Å². The fraction of sp³-hybridized carbons (Fsp3) is 0.250. The Labute approximate surface area is 154 Å². The molecule has 1 aromatic heterocycles. The third kappa shape index (κ3) is 3.43. The Bertz CT molecular complexity index is 1030. The summed E-state index contributed by atoms with van der Waals surface area (Å²) < 4.78 is 28.5. The molecule has 2 aromatic carbocycles. The third-order valence-electron chi connectivity index (χ3n) is 4.46. The zero-order valence-corrected chi connectivity index (χ0v) is 16.1. The number of sulfonamides is 1. The second kappa shape index (κ2) is 7.43. The maximum Gasteiger partial charge on any atom is 0.243 e. The van der Waals surface area contributed by atoms with Gasteiger partial charge in [-0.2, -0.15) is 4.31 Å². The predicted molar refractivity (Wildman–Crippen MR) is 107 cm³/mol. The maximum atomic E-state index is 12.5. The normalized spacial score (nSPS) is 12.5. The molecule has 5 nitrogen and oxygen atoms in total. The number of aryl methyl sites for hydroxylation is 1. The molecular weight excluding hydrogens is 346 g/mol. The molecule has 1 heterocycles. The van der Waals surface area contributed by atoms with Crippen LogP contribution in [-0.2, 0) is 17.1 Å². The molecule has 26 heavy (non-hydrogen) atoms. The first-order chi connectivity index (χ1) is 12.5. The van der Waals surface area contributed by atoms with Gasteiger partial charge < -0.3 is 4.57 Å². The minimum atomic E-state index is -3.43. The predicted octanol–water partition coefficient (Wildman–Crippen LogP) is 3.96. The molecule has 3 rings (SSSR count). The van der Waals surface area contributed by atoms with Crippen LogP contribution in [0.4, 0.5) is 5.69 Å². The van der Waals surface area contributed by atoms with Crippen molar-refractivity contribution in [2.45, 2.75) is 18.7 Å². The Morgan fingerprint density at radius 1 is 1.04 bits per heavy atom. The van der Waals surface area contributed by atoms with Gasteiger partial charge in [0.25, 0.3) is 0 Å². The van der Waals surface area contributed by atoms with E-state index in [1.807, 2.05) is 45.4 Å². The highest BCUT2D eigenvalue weighted by Gasteiger charge is 2.21. The number of fused-ring (bicyclic) bond motifs is 1. The van der Waals surface area contributed by atoms with E-state index in [-0.39, 0.29) is 0 Å². The summed E-state index contributed by atoms with van der Waals surface area (Å²) in [5.74, 6) is 0. The van der Waals surface area contributed by atoms with Gasteiger partial charge in [-0.1, -0.05) is 32.0 Å². The van der Waals surface area contributed by atoms with Gasteiger partial charge in [-0.05, 0) is 30.3 Å². The molecule has 0 fully saturated rings. The van der Waals surface area contributed by atoms with Crippen molar-refractivity contribution in [3.8, 4) is 0 Å². The van der Waals surface area contributed by atoms with Gasteiger partial charge >= 0.3 is 0 Å². The van der Waals surface area contributed by atoms with Gasteiger partial charge in [0.15, 0.2) is 0 Å². The molecule has 0 bridgehead atoms. The molecule has 3 aromatic rings. The average Bonchev–Trinajstić information content (AvgIpc) is 2.97. The number of aliphatic imine (C=N–C) groups is 1. The van der Waals surface area contributed by atoms with Gasteiger partial charge in [0, 0.05) is 49.0 Å². The topological polar surface area (TPSA) is 54.7 Å². The summed E-state index contributed by atoms with van der Waals surface area (Å²) in [6.07, 6.45) is 3.85. The lowest BCUT2D eigenvalue weighted by Gasteiger charge is -2.18. The Morgan fingerprint density at radius 2 is 1.69 bits per heavy atom. The molecule has 0 saturated carbocycles. The van der Waals surface area contributed by atoms with Crippen LogP contribution in [0.3, 0.4) is 0 Å². The number of hydrogen-bond donors (Lipinski definition) is 0. The summed E-state index contributed by atoms with van der Waals surface area (Å²) in [6, 6.07) is 14.9. The van der Waals surface area contributed by atoms with Crippen LogP contribution < -0.4 is 0 Å². The molecule has 0 atom stereocenters. The van der Waals surface area contributed by atoms with Crippen LogP contribution >= 0.6 is 0 Å². The van der Waals surface area contributed by atoms with Crippen LogP contribution in [0, 0.1) is 0 Å². The van der Waals surface area contributed by atoms with Crippen LogP contribution in [0.2, 0.25) is 0 Å². The zero-order chi connectivity index (χ0) is 18.7. The summed E-state index contributed by atoms with van der Waals surface area (Å²) in [7, 11) is -1.43. The van der Waals surface area contributed by atoms with E-state index >= 15 is 0 Å². The second-order valence-electron chi connectivity index (χ2n) is 6.05. The molecule has 0 aliphatic rings. The number of aromatic nitrogens is 1. The highest BCUT2D eigenvalue weighted by atomic mass is 32.2. The highest BCUT2D eigenvalue weighted by molar-refractivity contribution is 7.89. The minimum Gasteiger partial charge on any atom is -0.350 e. The molecule has 0 aliphatic heterocycles. The molecule has 0 saturated heterocycles. The number of rotatable bonds is 6. The van der Waals surface area contributed by atoms with Crippen LogP contribution in [-0.4, -0.2) is 36.6 Å². The lowest BCUT2D eigenvalue weighted by atomic mass is 10.2. The van der Waals surface area contributed by atoms with Crippen molar-refractivity contribution in [1.29, 1.82) is 0 Å². The Hall–Kier alpha value is -2.44. The van der Waals surface area contributed by atoms with E-state index in [0.717, 1.165) is 22.2 Å². The first kappa shape index (κ1) is 18.4. The van der Waals surface area contributed by atoms with Crippen LogP contribution in [0.5, 0.6) is 0 Å². The van der Waals surface area contributed by atoms with Crippen molar-refractivity contribution in [1.82, 2.24) is 8.87 Å². The molecule has 0 radical (unpaired) electrons. The summed E-state index contributed by atoms with van der Waals surface area (Å²) >= 11 is 0. The maximum absolute atomic E-state index is 12.5. The molecule has 0 aliphatic carbocycles. The van der Waals surface area contributed by atoms with Crippen molar-refractivity contribution < 1.29 is 8.42 Å². The second-order valence-corrected chi connectivity index (χ2v) is 7.99. The van der Waals surface area contributed by atoms with Gasteiger partial charge in [0.2, 0.25) is 10.0 Å². The SMILES string of the molecule is CCN(CC)S(=O)(=O)c1ccc(N=Cc2cn(C)c3ccccc23)cc1. The standard InChI is InChI=1S/C20H23N3O2S/c1-4-23(5-2)26(24,25)18-12-10-17(11-13-18)21-14-16-15-22(3)20-9-7-6-8-19(16)20/h6-15H,4-5H2,1-3H3. The molecule has 6 heteroatoms. The summed E-state index contributed by atoms with van der Waals surface area (Å²) in [4.78, 5) is 4.80. The van der Waals surface area contributed by atoms with Crippen molar-refractivity contribution >= 4 is 32.8 Å². The van der Waals surface area contributed by atoms with Crippen LogP contribution in [0.1, 0.15) is 19.4 Å². The molecule has 0 amide bonds. The lowest BCUT2D eigenvalue weighted by Crippen LogP contribution is -2.30. The van der Waals surface area contributed by atoms with E-state index in [9.17, 15) is 8.42 Å². The number of benzene rings is 2. The van der Waals surface area contributed by atoms with E-state index < -0.39 is 10.0 Å². The lowest BCUT2D eigenvalue weighted by molar-refractivity contribution is 0.445. The van der Waals surface area contributed by atoms with Gasteiger partial charge in [0.1, 0.15) is 0 Å². The number of hydrogen-bond acceptors (Lipinski definition) is 3.